The number of rotatable bonds is 9. The molecule has 184 valence electrons. The number of urea groups is 1. The van der Waals surface area contributed by atoms with Crippen LogP contribution in [0.4, 0.5) is 21.9 Å². The summed E-state index contributed by atoms with van der Waals surface area (Å²) in [4.78, 5) is 26.4. The third-order valence-corrected chi connectivity index (χ3v) is 6.38. The molecule has 0 spiro atoms. The Hall–Kier alpha value is -3.26. The summed E-state index contributed by atoms with van der Waals surface area (Å²) in [6.07, 6.45) is 2.46. The Kier molecular flexibility index (Phi) is 8.04. The van der Waals surface area contributed by atoms with Gasteiger partial charge in [0.1, 0.15) is 5.75 Å². The predicted molar refractivity (Wildman–Crippen MR) is 134 cm³/mol. The van der Waals surface area contributed by atoms with Crippen LogP contribution in [0.25, 0.3) is 0 Å². The number of carbonyl (C=O) groups is 2. The van der Waals surface area contributed by atoms with Crippen LogP contribution in [0.15, 0.2) is 42.5 Å². The summed E-state index contributed by atoms with van der Waals surface area (Å²) in [5.41, 5.74) is 1.95. The van der Waals surface area contributed by atoms with Gasteiger partial charge in [0.15, 0.2) is 0 Å². The number of nitrogens with zero attached hydrogens (tertiary/aromatic N) is 1. The molecule has 1 unspecified atom stereocenters. The summed E-state index contributed by atoms with van der Waals surface area (Å²) in [7, 11) is 1.58. The van der Waals surface area contributed by atoms with E-state index in [4.69, 9.17) is 4.74 Å². The van der Waals surface area contributed by atoms with Crippen LogP contribution in [0, 0.1) is 0 Å². The number of hydrogen-bond acceptors (Lipinski definition) is 5. The van der Waals surface area contributed by atoms with Crippen molar-refractivity contribution in [3.63, 3.8) is 0 Å². The van der Waals surface area contributed by atoms with Crippen molar-refractivity contribution >= 4 is 29.1 Å². The normalized spacial score (nSPS) is 16.7. The molecule has 8 heteroatoms. The number of aliphatic hydroxyl groups is 1. The van der Waals surface area contributed by atoms with Crippen molar-refractivity contribution in [2.75, 3.05) is 29.2 Å². The average Bonchev–Trinajstić information content (AvgIpc) is 3.28. The van der Waals surface area contributed by atoms with E-state index < -0.39 is 17.6 Å². The second kappa shape index (κ2) is 10.8. The Morgan fingerprint density at radius 2 is 1.88 bits per heavy atom. The van der Waals surface area contributed by atoms with Crippen LogP contribution in [0.3, 0.4) is 0 Å². The maximum atomic E-state index is 12.9. The number of hydrogen-bond donors (Lipinski definition) is 4. The van der Waals surface area contributed by atoms with Gasteiger partial charge in [0.05, 0.1) is 36.5 Å². The molecule has 1 heterocycles. The zero-order valence-electron chi connectivity index (χ0n) is 20.3. The summed E-state index contributed by atoms with van der Waals surface area (Å²) in [5.74, 6) is -0.332. The summed E-state index contributed by atoms with van der Waals surface area (Å²) >= 11 is 0. The van der Waals surface area contributed by atoms with E-state index in [1.54, 1.807) is 45.2 Å². The summed E-state index contributed by atoms with van der Waals surface area (Å²) in [6, 6.07) is 12.2. The smallest absolute Gasteiger partial charge is 0.323 e. The van der Waals surface area contributed by atoms with Crippen molar-refractivity contribution in [3.8, 4) is 5.75 Å². The SMILES string of the molecule is CCC(CC(=O)O)c1ccc(N2CCC[C@H]2C(C)(C)O)c(NC(=O)Nc2ccc(OC)cc2)c1. The van der Waals surface area contributed by atoms with Gasteiger partial charge in [0, 0.05) is 12.2 Å². The third kappa shape index (κ3) is 6.20. The number of aliphatic carboxylic acids is 1. The van der Waals surface area contributed by atoms with E-state index in [9.17, 15) is 19.8 Å². The number of nitrogens with one attached hydrogen (secondary N) is 2. The lowest BCUT2D eigenvalue weighted by atomic mass is 9.92. The monoisotopic (exact) mass is 469 g/mol. The van der Waals surface area contributed by atoms with Gasteiger partial charge in [-0.05, 0) is 81.0 Å². The van der Waals surface area contributed by atoms with E-state index in [1.165, 1.54) is 0 Å². The first-order chi connectivity index (χ1) is 16.1. The Labute approximate surface area is 200 Å². The molecule has 3 rings (SSSR count). The first-order valence-electron chi connectivity index (χ1n) is 11.7. The quantitative estimate of drug-likeness (QED) is 0.409. The molecule has 0 radical (unpaired) electrons. The maximum Gasteiger partial charge on any atom is 0.323 e. The van der Waals surface area contributed by atoms with Gasteiger partial charge >= 0.3 is 12.0 Å². The second-order valence-electron chi connectivity index (χ2n) is 9.29. The van der Waals surface area contributed by atoms with Gasteiger partial charge in [-0.25, -0.2) is 4.79 Å². The number of carbonyl (C=O) groups excluding carboxylic acids is 1. The highest BCUT2D eigenvalue weighted by molar-refractivity contribution is 6.02. The minimum absolute atomic E-state index is 0.0172. The van der Waals surface area contributed by atoms with Gasteiger partial charge < -0.3 is 30.5 Å². The fourth-order valence-electron chi connectivity index (χ4n) is 4.62. The fraction of sp³-hybridized carbons (Fsp3) is 0.462. The number of methoxy groups -OCH3 is 1. The van der Waals surface area contributed by atoms with Gasteiger partial charge in [-0.2, -0.15) is 0 Å². The van der Waals surface area contributed by atoms with Crippen LogP contribution < -0.4 is 20.3 Å². The molecule has 2 amide bonds. The Balaban J connectivity index is 1.92. The molecule has 1 saturated heterocycles. The molecule has 0 saturated carbocycles. The van der Waals surface area contributed by atoms with E-state index in [0.717, 1.165) is 30.6 Å². The molecule has 2 aromatic rings. The summed E-state index contributed by atoms with van der Waals surface area (Å²) in [6.45, 7) is 6.31. The van der Waals surface area contributed by atoms with Gasteiger partial charge in [-0.15, -0.1) is 0 Å². The molecule has 0 bridgehead atoms. The predicted octanol–water partition coefficient (Wildman–Crippen LogP) is 5.05. The highest BCUT2D eigenvalue weighted by Gasteiger charge is 2.37. The van der Waals surface area contributed by atoms with Crippen LogP contribution >= 0.6 is 0 Å². The van der Waals surface area contributed by atoms with Crippen LogP contribution in [-0.4, -0.2) is 47.5 Å². The van der Waals surface area contributed by atoms with Crippen molar-refractivity contribution in [2.45, 2.75) is 64.0 Å². The second-order valence-corrected chi connectivity index (χ2v) is 9.29. The first-order valence-corrected chi connectivity index (χ1v) is 11.7. The minimum atomic E-state index is -0.910. The lowest BCUT2D eigenvalue weighted by Gasteiger charge is -2.36. The molecule has 2 aromatic carbocycles. The number of ether oxygens (including phenoxy) is 1. The fourth-order valence-corrected chi connectivity index (χ4v) is 4.62. The van der Waals surface area contributed by atoms with Gasteiger partial charge in [-0.1, -0.05) is 13.0 Å². The summed E-state index contributed by atoms with van der Waals surface area (Å²) in [5, 5.41) is 25.8. The van der Waals surface area contributed by atoms with Crippen LogP contribution in [0.5, 0.6) is 5.75 Å². The van der Waals surface area contributed by atoms with Crippen LogP contribution in [-0.2, 0) is 4.79 Å². The largest absolute Gasteiger partial charge is 0.497 e. The summed E-state index contributed by atoms with van der Waals surface area (Å²) < 4.78 is 5.16. The van der Waals surface area contributed by atoms with Gasteiger partial charge in [0.25, 0.3) is 0 Å². The van der Waals surface area contributed by atoms with E-state index in [2.05, 4.69) is 15.5 Å². The van der Waals surface area contributed by atoms with Crippen molar-refractivity contribution in [3.05, 3.63) is 48.0 Å². The van der Waals surface area contributed by atoms with E-state index >= 15 is 0 Å². The standard InChI is InChI=1S/C26H35N3O5/c1-5-17(16-24(30)31)18-8-13-22(29-14-6-7-23(29)26(2,3)33)21(15-18)28-25(32)27-19-9-11-20(34-4)12-10-19/h8-13,15,17,23,33H,5-7,14,16H2,1-4H3,(H,30,31)(H2,27,28,32)/t17?,23-/m0/s1. The van der Waals surface area contributed by atoms with Crippen molar-refractivity contribution < 1.29 is 24.5 Å². The molecular formula is C26H35N3O5. The molecule has 1 aliphatic rings. The Morgan fingerprint density at radius 3 is 2.47 bits per heavy atom. The number of carboxylic acid groups (broad SMARTS) is 1. The molecule has 0 aliphatic carbocycles. The molecule has 4 N–H and O–H groups in total. The molecule has 1 aliphatic heterocycles. The zero-order chi connectivity index (χ0) is 24.9. The third-order valence-electron chi connectivity index (χ3n) is 6.38. The maximum absolute atomic E-state index is 12.9. The molecular weight excluding hydrogens is 434 g/mol. The number of anilines is 3. The number of carboxylic acids is 1. The van der Waals surface area contributed by atoms with E-state index in [1.807, 2.05) is 25.1 Å². The Bertz CT molecular complexity index is 1000. The lowest BCUT2D eigenvalue weighted by molar-refractivity contribution is -0.137. The van der Waals surface area contributed by atoms with Gasteiger partial charge in [0.2, 0.25) is 0 Å². The number of amides is 2. The molecule has 1 fully saturated rings. The van der Waals surface area contributed by atoms with Crippen LogP contribution in [0.1, 0.15) is 57.9 Å². The number of benzene rings is 2. The first kappa shape index (κ1) is 25.4. The van der Waals surface area contributed by atoms with Crippen LogP contribution in [0.2, 0.25) is 0 Å². The van der Waals surface area contributed by atoms with Gasteiger partial charge in [-0.3, -0.25) is 4.79 Å². The average molecular weight is 470 g/mol. The van der Waals surface area contributed by atoms with Crippen molar-refractivity contribution in [1.29, 1.82) is 0 Å². The Morgan fingerprint density at radius 1 is 1.18 bits per heavy atom. The van der Waals surface area contributed by atoms with Crippen molar-refractivity contribution in [1.82, 2.24) is 0 Å². The lowest BCUT2D eigenvalue weighted by Crippen LogP contribution is -2.46. The molecule has 0 aromatic heterocycles. The minimum Gasteiger partial charge on any atom is -0.497 e. The highest BCUT2D eigenvalue weighted by atomic mass is 16.5. The van der Waals surface area contributed by atoms with E-state index in [-0.39, 0.29) is 18.4 Å². The molecule has 34 heavy (non-hydrogen) atoms. The topological polar surface area (TPSA) is 111 Å². The van der Waals surface area contributed by atoms with Crippen molar-refractivity contribution in [2.24, 2.45) is 0 Å². The molecule has 2 atom stereocenters. The van der Waals surface area contributed by atoms with E-state index in [0.29, 0.717) is 23.5 Å². The molecule has 8 nitrogen and oxygen atoms in total. The zero-order valence-corrected chi connectivity index (χ0v) is 20.3. The highest BCUT2D eigenvalue weighted by Crippen LogP contribution is 2.38.